The average Bonchev–Trinajstić information content (AvgIpc) is 3.64. The summed E-state index contributed by atoms with van der Waals surface area (Å²) in [7, 11) is 0. The van der Waals surface area contributed by atoms with Gasteiger partial charge in [-0.3, -0.25) is 0 Å². The van der Waals surface area contributed by atoms with Crippen molar-refractivity contribution in [2.24, 2.45) is 0 Å². The number of fused-ring (bicyclic) bond motifs is 6. The molecule has 0 aliphatic heterocycles. The molecule has 2 heteroatoms. The minimum absolute atomic E-state index is 1.09. The van der Waals surface area contributed by atoms with Crippen molar-refractivity contribution in [2.75, 3.05) is 4.90 Å². The molecule has 0 saturated heterocycles. The van der Waals surface area contributed by atoms with Gasteiger partial charge in [0.2, 0.25) is 0 Å². The number of anilines is 3. The topological polar surface area (TPSA) is 8.17 Å². The van der Waals surface area contributed by atoms with Crippen molar-refractivity contribution in [1.82, 2.24) is 4.57 Å². The molecule has 2 nitrogen and oxygen atoms in total. The molecule has 10 aromatic carbocycles. The highest BCUT2D eigenvalue weighted by Crippen LogP contribution is 2.41. The van der Waals surface area contributed by atoms with Gasteiger partial charge in [-0.2, -0.15) is 0 Å². The Balaban J connectivity index is 1.01. The molecule has 0 fully saturated rings. The van der Waals surface area contributed by atoms with E-state index in [1.807, 2.05) is 0 Å². The summed E-state index contributed by atoms with van der Waals surface area (Å²) in [6, 6.07) is 83.6. The number of benzene rings is 10. The largest absolute Gasteiger partial charge is 0.310 e. The summed E-state index contributed by atoms with van der Waals surface area (Å²) < 4.78 is 2.38. The Morgan fingerprint density at radius 1 is 0.276 bits per heavy atom. The molecule has 0 bridgehead atoms. The van der Waals surface area contributed by atoms with Crippen LogP contribution in [0, 0.1) is 0 Å². The Labute approximate surface area is 338 Å². The van der Waals surface area contributed by atoms with Crippen molar-refractivity contribution in [3.05, 3.63) is 231 Å². The number of rotatable bonds is 7. The van der Waals surface area contributed by atoms with Crippen LogP contribution in [0.4, 0.5) is 17.1 Å². The van der Waals surface area contributed by atoms with E-state index in [0.717, 1.165) is 22.7 Å². The maximum Gasteiger partial charge on any atom is 0.0541 e. The van der Waals surface area contributed by atoms with Crippen molar-refractivity contribution in [2.45, 2.75) is 0 Å². The molecular weight excluding hydrogens is 701 g/mol. The fourth-order valence-corrected chi connectivity index (χ4v) is 8.81. The van der Waals surface area contributed by atoms with Crippen molar-refractivity contribution >= 4 is 60.4 Å². The number of aromatic nitrogens is 1. The van der Waals surface area contributed by atoms with Crippen LogP contribution >= 0.6 is 0 Å². The van der Waals surface area contributed by atoms with Crippen LogP contribution in [-0.4, -0.2) is 4.57 Å². The SMILES string of the molecule is c1ccc(-c2ccc(N(c3ccc(-c4cccc(-n5c6ccccc6c6ccccc65)c4)cc3)c3cccc(-c4cc5ccccc5c5ccccc45)c3)cc2)cc1. The van der Waals surface area contributed by atoms with E-state index in [2.05, 4.69) is 240 Å². The third-order valence-electron chi connectivity index (χ3n) is 11.6. The first kappa shape index (κ1) is 33.6. The van der Waals surface area contributed by atoms with E-state index in [9.17, 15) is 0 Å². The van der Waals surface area contributed by atoms with Gasteiger partial charge < -0.3 is 9.47 Å². The molecule has 11 aromatic rings. The van der Waals surface area contributed by atoms with Crippen molar-refractivity contribution < 1.29 is 0 Å². The van der Waals surface area contributed by atoms with Gasteiger partial charge in [-0.25, -0.2) is 0 Å². The molecular formula is C56H38N2. The quantitative estimate of drug-likeness (QED) is 0.148. The van der Waals surface area contributed by atoms with Gasteiger partial charge in [0.1, 0.15) is 0 Å². The Hall–Kier alpha value is -7.68. The molecule has 272 valence electrons. The summed E-state index contributed by atoms with van der Waals surface area (Å²) in [6.45, 7) is 0. The second-order valence-corrected chi connectivity index (χ2v) is 15.0. The predicted octanol–water partition coefficient (Wildman–Crippen LogP) is 15.6. The van der Waals surface area contributed by atoms with Crippen LogP contribution in [0.2, 0.25) is 0 Å². The molecule has 0 radical (unpaired) electrons. The number of hydrogen-bond donors (Lipinski definition) is 0. The van der Waals surface area contributed by atoms with Gasteiger partial charge in [0, 0.05) is 33.5 Å². The molecule has 0 aliphatic rings. The maximum absolute atomic E-state index is 2.38. The first-order valence-corrected chi connectivity index (χ1v) is 19.9. The lowest BCUT2D eigenvalue weighted by Gasteiger charge is -2.26. The molecule has 11 rings (SSSR count). The molecule has 1 aromatic heterocycles. The highest BCUT2D eigenvalue weighted by Gasteiger charge is 2.17. The highest BCUT2D eigenvalue weighted by atomic mass is 15.1. The van der Waals surface area contributed by atoms with Gasteiger partial charge in [-0.1, -0.05) is 164 Å². The van der Waals surface area contributed by atoms with Crippen LogP contribution < -0.4 is 4.90 Å². The highest BCUT2D eigenvalue weighted by molar-refractivity contribution is 6.14. The normalized spacial score (nSPS) is 11.4. The van der Waals surface area contributed by atoms with Crippen LogP contribution in [-0.2, 0) is 0 Å². The van der Waals surface area contributed by atoms with Crippen LogP contribution in [0.3, 0.4) is 0 Å². The van der Waals surface area contributed by atoms with E-state index < -0.39 is 0 Å². The summed E-state index contributed by atoms with van der Waals surface area (Å²) >= 11 is 0. The lowest BCUT2D eigenvalue weighted by molar-refractivity contribution is 1.18. The summed E-state index contributed by atoms with van der Waals surface area (Å²) in [5.74, 6) is 0. The van der Waals surface area contributed by atoms with Crippen molar-refractivity contribution in [3.8, 4) is 39.1 Å². The summed E-state index contributed by atoms with van der Waals surface area (Å²) in [4.78, 5) is 2.37. The Bertz CT molecular complexity index is 3210. The zero-order chi connectivity index (χ0) is 38.4. The lowest BCUT2D eigenvalue weighted by Crippen LogP contribution is -2.10. The molecule has 0 atom stereocenters. The molecule has 0 spiro atoms. The monoisotopic (exact) mass is 738 g/mol. The number of nitrogens with zero attached hydrogens (tertiary/aromatic N) is 2. The Morgan fingerprint density at radius 2 is 0.776 bits per heavy atom. The fraction of sp³-hybridized carbons (Fsp3) is 0. The summed E-state index contributed by atoms with van der Waals surface area (Å²) in [5, 5.41) is 7.58. The van der Waals surface area contributed by atoms with Gasteiger partial charge >= 0.3 is 0 Å². The van der Waals surface area contributed by atoms with E-state index in [4.69, 9.17) is 0 Å². The second-order valence-electron chi connectivity index (χ2n) is 15.0. The van der Waals surface area contributed by atoms with Crippen LogP contribution in [0.1, 0.15) is 0 Å². The zero-order valence-corrected chi connectivity index (χ0v) is 31.8. The number of para-hydroxylation sites is 2. The van der Waals surface area contributed by atoms with Gasteiger partial charge in [-0.05, 0) is 122 Å². The minimum Gasteiger partial charge on any atom is -0.310 e. The lowest BCUT2D eigenvalue weighted by atomic mass is 9.93. The predicted molar refractivity (Wildman–Crippen MR) is 247 cm³/mol. The molecule has 0 saturated carbocycles. The van der Waals surface area contributed by atoms with Gasteiger partial charge in [0.15, 0.2) is 0 Å². The van der Waals surface area contributed by atoms with E-state index in [0.29, 0.717) is 0 Å². The third-order valence-corrected chi connectivity index (χ3v) is 11.6. The molecule has 58 heavy (non-hydrogen) atoms. The average molecular weight is 739 g/mol. The Kier molecular flexibility index (Phi) is 8.19. The first-order chi connectivity index (χ1) is 28.8. The summed E-state index contributed by atoms with van der Waals surface area (Å²) in [5.41, 5.74) is 14.0. The zero-order valence-electron chi connectivity index (χ0n) is 31.8. The fourth-order valence-electron chi connectivity index (χ4n) is 8.81. The van der Waals surface area contributed by atoms with Crippen molar-refractivity contribution in [1.29, 1.82) is 0 Å². The van der Waals surface area contributed by atoms with Crippen LogP contribution in [0.5, 0.6) is 0 Å². The molecule has 0 amide bonds. The standard InChI is InChI=1S/C56H38N2/c1-2-14-39(15-3-1)40-28-32-45(33-29-40)57(47-19-13-18-43(37-47)54-38-44-16-4-5-21-49(44)50-22-6-7-23-51(50)54)46-34-30-41(31-35-46)42-17-12-20-48(36-42)58-55-26-10-8-24-52(55)53-25-9-11-27-56(53)58/h1-38H. The summed E-state index contributed by atoms with van der Waals surface area (Å²) in [6.07, 6.45) is 0. The van der Waals surface area contributed by atoms with Crippen LogP contribution in [0.15, 0.2) is 231 Å². The van der Waals surface area contributed by atoms with Gasteiger partial charge in [0.05, 0.1) is 11.0 Å². The van der Waals surface area contributed by atoms with E-state index in [-0.39, 0.29) is 0 Å². The van der Waals surface area contributed by atoms with E-state index in [1.54, 1.807) is 0 Å². The maximum atomic E-state index is 2.38. The second kappa shape index (κ2) is 14.1. The Morgan fingerprint density at radius 3 is 1.47 bits per heavy atom. The van der Waals surface area contributed by atoms with E-state index in [1.165, 1.54) is 76.7 Å². The molecule has 0 aliphatic carbocycles. The smallest absolute Gasteiger partial charge is 0.0541 e. The molecule has 1 heterocycles. The first-order valence-electron chi connectivity index (χ1n) is 19.9. The van der Waals surface area contributed by atoms with Crippen LogP contribution in [0.25, 0.3) is 82.4 Å². The van der Waals surface area contributed by atoms with Gasteiger partial charge in [0.25, 0.3) is 0 Å². The van der Waals surface area contributed by atoms with Crippen molar-refractivity contribution in [3.63, 3.8) is 0 Å². The van der Waals surface area contributed by atoms with Gasteiger partial charge in [-0.15, -0.1) is 0 Å². The minimum atomic E-state index is 1.09. The third kappa shape index (κ3) is 5.82. The molecule has 0 N–H and O–H groups in total. The van der Waals surface area contributed by atoms with E-state index >= 15 is 0 Å². The number of hydrogen-bond acceptors (Lipinski definition) is 1. The molecule has 0 unspecified atom stereocenters.